The Labute approximate surface area is 213 Å². The highest BCUT2D eigenvalue weighted by molar-refractivity contribution is 5.94. The highest BCUT2D eigenvalue weighted by atomic mass is 16.4. The fraction of sp³-hybridized carbons (Fsp3) is 0.458. The van der Waals surface area contributed by atoms with Gasteiger partial charge in [-0.1, -0.05) is 18.2 Å². The lowest BCUT2D eigenvalue weighted by atomic mass is 10.0. The molecule has 0 saturated carbocycles. The van der Waals surface area contributed by atoms with E-state index in [1.807, 2.05) is 24.3 Å². The summed E-state index contributed by atoms with van der Waals surface area (Å²) in [7, 11) is 0. The Morgan fingerprint density at radius 3 is 2.30 bits per heavy atom. The van der Waals surface area contributed by atoms with E-state index in [0.717, 1.165) is 16.5 Å². The summed E-state index contributed by atoms with van der Waals surface area (Å²) in [5.41, 5.74) is 18.6. The third kappa shape index (κ3) is 9.54. The lowest BCUT2D eigenvalue weighted by Gasteiger charge is -2.24. The Balaban J connectivity index is 2.09. The van der Waals surface area contributed by atoms with Crippen LogP contribution in [-0.4, -0.2) is 70.9 Å². The topological polar surface area (TPSA) is 236 Å². The molecule has 0 bridgehead atoms. The van der Waals surface area contributed by atoms with E-state index in [0.29, 0.717) is 19.4 Å². The van der Waals surface area contributed by atoms with Gasteiger partial charge in [-0.2, -0.15) is 0 Å². The molecule has 1 aromatic carbocycles. The summed E-state index contributed by atoms with van der Waals surface area (Å²) in [6.45, 7) is -0.275. The van der Waals surface area contributed by atoms with Gasteiger partial charge in [0, 0.05) is 23.5 Å². The average molecular weight is 518 g/mol. The molecule has 1 heterocycles. The molecule has 0 aliphatic rings. The highest BCUT2D eigenvalue weighted by Crippen LogP contribution is 2.19. The number of aliphatic carboxylic acids is 1. The van der Waals surface area contributed by atoms with E-state index < -0.39 is 54.3 Å². The van der Waals surface area contributed by atoms with Gasteiger partial charge in [-0.25, -0.2) is 0 Å². The van der Waals surface area contributed by atoms with Crippen LogP contribution in [0.15, 0.2) is 30.5 Å². The minimum atomic E-state index is -1.27. The van der Waals surface area contributed by atoms with Gasteiger partial charge in [-0.3, -0.25) is 24.0 Å². The maximum absolute atomic E-state index is 13.1. The Morgan fingerprint density at radius 1 is 0.946 bits per heavy atom. The lowest BCUT2D eigenvalue weighted by Crippen LogP contribution is -2.56. The molecule has 3 unspecified atom stereocenters. The van der Waals surface area contributed by atoms with E-state index in [1.165, 1.54) is 0 Å². The van der Waals surface area contributed by atoms with Crippen LogP contribution < -0.4 is 33.2 Å². The number of rotatable bonds is 16. The van der Waals surface area contributed by atoms with Crippen LogP contribution in [0, 0.1) is 0 Å². The van der Waals surface area contributed by atoms with Gasteiger partial charge < -0.3 is 43.2 Å². The number of aromatic amines is 1. The van der Waals surface area contributed by atoms with Gasteiger partial charge >= 0.3 is 5.97 Å². The largest absolute Gasteiger partial charge is 0.480 e. The fourth-order valence-corrected chi connectivity index (χ4v) is 3.78. The Kier molecular flexibility index (Phi) is 11.5. The Bertz CT molecular complexity index is 1100. The van der Waals surface area contributed by atoms with Crippen LogP contribution >= 0.6 is 0 Å². The first-order chi connectivity index (χ1) is 17.6. The summed E-state index contributed by atoms with van der Waals surface area (Å²) in [6.07, 6.45) is 3.00. The lowest BCUT2D eigenvalue weighted by molar-refractivity contribution is -0.138. The molecule has 37 heavy (non-hydrogen) atoms. The zero-order valence-electron chi connectivity index (χ0n) is 20.5. The number of para-hydroxylation sites is 1. The minimum Gasteiger partial charge on any atom is -0.480 e. The van der Waals surface area contributed by atoms with Crippen molar-refractivity contribution in [3.8, 4) is 0 Å². The molecule has 0 saturated heterocycles. The van der Waals surface area contributed by atoms with E-state index in [1.54, 1.807) is 6.20 Å². The third-order valence-corrected chi connectivity index (χ3v) is 5.76. The van der Waals surface area contributed by atoms with Gasteiger partial charge in [0.1, 0.15) is 18.6 Å². The van der Waals surface area contributed by atoms with Crippen molar-refractivity contribution in [1.29, 1.82) is 0 Å². The van der Waals surface area contributed by atoms with Crippen LogP contribution in [0.4, 0.5) is 0 Å². The molecule has 13 heteroatoms. The number of H-pyrrole nitrogens is 1. The molecule has 13 nitrogen and oxygen atoms in total. The number of amides is 4. The van der Waals surface area contributed by atoms with E-state index in [-0.39, 0.29) is 25.7 Å². The minimum absolute atomic E-state index is 0.143. The molecule has 0 aliphatic carbocycles. The zero-order chi connectivity index (χ0) is 27.4. The number of carbonyl (C=O) groups excluding carboxylic acids is 4. The number of carbonyl (C=O) groups is 5. The number of carboxylic acid groups (broad SMARTS) is 1. The van der Waals surface area contributed by atoms with Crippen molar-refractivity contribution in [2.75, 3.05) is 13.1 Å². The number of fused-ring (bicyclic) bond motifs is 1. The number of unbranched alkanes of at least 4 members (excludes halogenated alkanes) is 1. The average Bonchev–Trinajstić information content (AvgIpc) is 3.26. The molecule has 0 radical (unpaired) electrons. The van der Waals surface area contributed by atoms with Crippen LogP contribution in [0.3, 0.4) is 0 Å². The van der Waals surface area contributed by atoms with Crippen molar-refractivity contribution in [2.24, 2.45) is 17.2 Å². The monoisotopic (exact) mass is 517 g/mol. The van der Waals surface area contributed by atoms with Crippen LogP contribution in [0.5, 0.6) is 0 Å². The first-order valence-corrected chi connectivity index (χ1v) is 12.0. The number of aromatic nitrogens is 1. The fourth-order valence-electron chi connectivity index (χ4n) is 3.78. The van der Waals surface area contributed by atoms with E-state index >= 15 is 0 Å². The number of hydrogen-bond donors (Lipinski definition) is 8. The summed E-state index contributed by atoms with van der Waals surface area (Å²) in [4.78, 5) is 63.5. The molecule has 0 spiro atoms. The second-order valence-electron chi connectivity index (χ2n) is 8.69. The molecular weight excluding hydrogens is 482 g/mol. The van der Waals surface area contributed by atoms with Crippen LogP contribution in [0.2, 0.25) is 0 Å². The van der Waals surface area contributed by atoms with Crippen molar-refractivity contribution in [1.82, 2.24) is 20.9 Å². The molecule has 1 aromatic heterocycles. The second kappa shape index (κ2) is 14.6. The molecule has 11 N–H and O–H groups in total. The molecule has 0 fully saturated rings. The predicted molar refractivity (Wildman–Crippen MR) is 136 cm³/mol. The predicted octanol–water partition coefficient (Wildman–Crippen LogP) is -1.40. The number of primary amides is 1. The Morgan fingerprint density at radius 2 is 1.62 bits per heavy atom. The van der Waals surface area contributed by atoms with Crippen molar-refractivity contribution in [3.63, 3.8) is 0 Å². The Hall–Kier alpha value is -3.97. The summed E-state index contributed by atoms with van der Waals surface area (Å²) < 4.78 is 0. The molecule has 3 atom stereocenters. The molecule has 2 aromatic rings. The number of hydrogen-bond acceptors (Lipinski definition) is 7. The van der Waals surface area contributed by atoms with Crippen LogP contribution in [-0.2, 0) is 30.4 Å². The molecule has 0 aliphatic heterocycles. The van der Waals surface area contributed by atoms with Gasteiger partial charge in [0.2, 0.25) is 23.6 Å². The molecule has 2 rings (SSSR count). The highest BCUT2D eigenvalue weighted by Gasteiger charge is 2.28. The van der Waals surface area contributed by atoms with Gasteiger partial charge in [-0.15, -0.1) is 0 Å². The quantitative estimate of drug-likeness (QED) is 0.123. The normalized spacial score (nSPS) is 13.4. The summed E-state index contributed by atoms with van der Waals surface area (Å²) in [5.74, 6) is -3.99. The number of nitrogens with two attached hydrogens (primary N) is 3. The summed E-state index contributed by atoms with van der Waals surface area (Å²) >= 11 is 0. The maximum atomic E-state index is 13.1. The summed E-state index contributed by atoms with van der Waals surface area (Å²) in [6, 6.07) is 4.38. The van der Waals surface area contributed by atoms with Gasteiger partial charge in [0.05, 0.1) is 6.04 Å². The molecule has 4 amide bonds. The van der Waals surface area contributed by atoms with Crippen molar-refractivity contribution >= 4 is 40.5 Å². The number of nitrogens with one attached hydrogen (secondary N) is 4. The molecule has 202 valence electrons. The van der Waals surface area contributed by atoms with Crippen molar-refractivity contribution in [3.05, 3.63) is 36.0 Å². The van der Waals surface area contributed by atoms with Crippen molar-refractivity contribution in [2.45, 2.75) is 56.7 Å². The van der Waals surface area contributed by atoms with E-state index in [2.05, 4.69) is 20.9 Å². The zero-order valence-corrected chi connectivity index (χ0v) is 20.5. The molecular formula is C24H35N7O6. The van der Waals surface area contributed by atoms with Gasteiger partial charge in [-0.05, 0) is 50.3 Å². The number of benzene rings is 1. The first-order valence-electron chi connectivity index (χ1n) is 12.0. The maximum Gasteiger partial charge on any atom is 0.322 e. The summed E-state index contributed by atoms with van der Waals surface area (Å²) in [5, 5.41) is 17.1. The van der Waals surface area contributed by atoms with Crippen LogP contribution in [0.25, 0.3) is 10.9 Å². The SMILES string of the molecule is NCCCCC(NC(=O)C(N)Cc1c[nH]c2ccccc12)C(=O)NC(CCC(N)=O)C(=O)NCC(=O)O. The third-order valence-electron chi connectivity index (χ3n) is 5.76. The number of carboxylic acids is 1. The first kappa shape index (κ1) is 29.3. The standard InChI is InChI=1S/C24H35N7O6/c25-10-4-3-7-18(24(37)31-19(8-9-20(27)32)23(36)29-13-21(33)34)30-22(35)16(26)11-14-12-28-17-6-2-1-5-15(14)17/h1-2,5-6,12,16,18-19,28H,3-4,7-11,13,25-26H2,(H2,27,32)(H,29,36)(H,30,35)(H,31,37)(H,33,34). The second-order valence-corrected chi connectivity index (χ2v) is 8.69. The van der Waals surface area contributed by atoms with Gasteiger partial charge in [0.25, 0.3) is 0 Å². The van der Waals surface area contributed by atoms with E-state index in [4.69, 9.17) is 22.3 Å². The van der Waals surface area contributed by atoms with Gasteiger partial charge in [0.15, 0.2) is 0 Å². The van der Waals surface area contributed by atoms with E-state index in [9.17, 15) is 24.0 Å². The van der Waals surface area contributed by atoms with Crippen molar-refractivity contribution < 1.29 is 29.1 Å². The van der Waals surface area contributed by atoms with Crippen LogP contribution in [0.1, 0.15) is 37.7 Å². The smallest absolute Gasteiger partial charge is 0.322 e.